The number of carbonyl (C=O) groups excluding carboxylic acids is 1. The molecule has 1 amide bonds. The molecule has 0 atom stereocenters. The van der Waals surface area contributed by atoms with E-state index in [1.54, 1.807) is 0 Å². The van der Waals surface area contributed by atoms with Crippen molar-refractivity contribution in [2.24, 2.45) is 5.73 Å². The number of aromatic nitrogens is 1. The second-order valence-corrected chi connectivity index (χ2v) is 2.47. The molecule has 0 radical (unpaired) electrons. The van der Waals surface area contributed by atoms with Gasteiger partial charge in [-0.1, -0.05) is 11.6 Å². The van der Waals surface area contributed by atoms with Crippen molar-refractivity contribution >= 4 is 17.5 Å². The van der Waals surface area contributed by atoms with E-state index in [9.17, 15) is 4.79 Å². The molecular formula is C7H7ClN2O2. The molecule has 4 nitrogen and oxygen atoms in total. The summed E-state index contributed by atoms with van der Waals surface area (Å²) in [5.41, 5.74) is 5.31. The van der Waals surface area contributed by atoms with Crippen LogP contribution in [0.15, 0.2) is 12.1 Å². The smallest absolute Gasteiger partial charge is 0.249 e. The second-order valence-electron chi connectivity index (χ2n) is 2.09. The van der Waals surface area contributed by atoms with Gasteiger partial charge in [-0.05, 0) is 6.07 Å². The number of hydrogen-bond acceptors (Lipinski definition) is 3. The highest BCUT2D eigenvalue weighted by Gasteiger charge is 2.05. The maximum Gasteiger partial charge on any atom is 0.249 e. The topological polar surface area (TPSA) is 65.2 Å². The Morgan fingerprint density at radius 1 is 1.67 bits per heavy atom. The quantitative estimate of drug-likeness (QED) is 0.697. The molecule has 0 spiro atoms. The summed E-state index contributed by atoms with van der Waals surface area (Å²) in [5, 5.41) is 0.183. The van der Waals surface area contributed by atoms with E-state index in [0.717, 1.165) is 0 Å². The number of nitrogens with two attached hydrogens (primary N) is 1. The monoisotopic (exact) mass is 186 g/mol. The lowest BCUT2D eigenvalue weighted by atomic mass is 10.2. The molecule has 0 unspecified atom stereocenters. The third kappa shape index (κ3) is 1.85. The summed E-state index contributed by atoms with van der Waals surface area (Å²) in [4.78, 5) is 14.5. The Kier molecular flexibility index (Phi) is 2.50. The van der Waals surface area contributed by atoms with E-state index in [1.807, 2.05) is 0 Å². The number of rotatable bonds is 2. The van der Waals surface area contributed by atoms with Gasteiger partial charge in [0.25, 0.3) is 0 Å². The van der Waals surface area contributed by atoms with Crippen molar-refractivity contribution in [3.8, 4) is 5.88 Å². The summed E-state index contributed by atoms with van der Waals surface area (Å²) in [5.74, 6) is -0.283. The van der Waals surface area contributed by atoms with E-state index in [4.69, 9.17) is 22.1 Å². The molecule has 0 saturated heterocycles. The number of carbonyl (C=O) groups is 1. The van der Waals surface area contributed by atoms with Crippen molar-refractivity contribution in [1.82, 2.24) is 4.98 Å². The summed E-state index contributed by atoms with van der Waals surface area (Å²) in [6, 6.07) is 2.81. The SMILES string of the molecule is COc1cc(C(N)=O)cc(Cl)n1. The molecule has 0 aromatic carbocycles. The van der Waals surface area contributed by atoms with Gasteiger partial charge >= 0.3 is 0 Å². The molecule has 0 aliphatic rings. The lowest BCUT2D eigenvalue weighted by Gasteiger charge is -2.00. The number of primary amides is 1. The van der Waals surface area contributed by atoms with Crippen molar-refractivity contribution in [3.05, 3.63) is 22.8 Å². The molecule has 0 aliphatic heterocycles. The maximum absolute atomic E-state index is 10.7. The van der Waals surface area contributed by atoms with Gasteiger partial charge in [0.05, 0.1) is 7.11 Å². The normalized spacial score (nSPS) is 9.50. The van der Waals surface area contributed by atoms with Crippen LogP contribution in [-0.2, 0) is 0 Å². The Labute approximate surface area is 74.3 Å². The Balaban J connectivity index is 3.15. The summed E-state index contributed by atoms with van der Waals surface area (Å²) in [6.45, 7) is 0. The number of halogens is 1. The van der Waals surface area contributed by atoms with Crippen LogP contribution in [0, 0.1) is 0 Å². The standard InChI is InChI=1S/C7H7ClN2O2/c1-12-6-3-4(7(9)11)2-5(8)10-6/h2-3H,1H3,(H2,9,11). The van der Waals surface area contributed by atoms with Crippen LogP contribution in [0.4, 0.5) is 0 Å². The third-order valence-corrected chi connectivity index (χ3v) is 1.46. The highest BCUT2D eigenvalue weighted by molar-refractivity contribution is 6.29. The fourth-order valence-corrected chi connectivity index (χ4v) is 0.921. The molecule has 12 heavy (non-hydrogen) atoms. The summed E-state index contributed by atoms with van der Waals surface area (Å²) in [6.07, 6.45) is 0. The first-order valence-electron chi connectivity index (χ1n) is 3.15. The zero-order valence-electron chi connectivity index (χ0n) is 6.37. The lowest BCUT2D eigenvalue weighted by Crippen LogP contribution is -2.11. The molecule has 0 fully saturated rings. The van der Waals surface area contributed by atoms with Crippen molar-refractivity contribution in [1.29, 1.82) is 0 Å². The van der Waals surface area contributed by atoms with E-state index in [1.165, 1.54) is 19.2 Å². The Hall–Kier alpha value is -1.29. The number of ether oxygens (including phenoxy) is 1. The lowest BCUT2D eigenvalue weighted by molar-refractivity contribution is 0.1000. The molecule has 0 bridgehead atoms. The van der Waals surface area contributed by atoms with Gasteiger partial charge in [-0.3, -0.25) is 4.79 Å². The molecule has 0 saturated carbocycles. The third-order valence-electron chi connectivity index (χ3n) is 1.26. The van der Waals surface area contributed by atoms with Crippen LogP contribution in [0.25, 0.3) is 0 Å². The Morgan fingerprint density at radius 2 is 2.33 bits per heavy atom. The highest BCUT2D eigenvalue weighted by Crippen LogP contribution is 2.15. The number of pyridine rings is 1. The van der Waals surface area contributed by atoms with E-state index in [-0.39, 0.29) is 16.6 Å². The van der Waals surface area contributed by atoms with Crippen LogP contribution in [-0.4, -0.2) is 18.0 Å². The molecule has 64 valence electrons. The first-order valence-corrected chi connectivity index (χ1v) is 3.52. The predicted octanol–water partition coefficient (Wildman–Crippen LogP) is 0.843. The zero-order valence-corrected chi connectivity index (χ0v) is 7.13. The summed E-state index contributed by atoms with van der Waals surface area (Å²) >= 11 is 5.57. The average Bonchev–Trinajstić information content (AvgIpc) is 2.03. The zero-order chi connectivity index (χ0) is 9.14. The molecule has 1 heterocycles. The molecule has 0 aliphatic carbocycles. The first-order chi connectivity index (χ1) is 5.63. The number of methoxy groups -OCH3 is 1. The van der Waals surface area contributed by atoms with Crippen LogP contribution < -0.4 is 10.5 Å². The second kappa shape index (κ2) is 3.40. The average molecular weight is 187 g/mol. The summed E-state index contributed by atoms with van der Waals surface area (Å²) < 4.78 is 4.78. The van der Waals surface area contributed by atoms with E-state index in [2.05, 4.69) is 4.98 Å². The van der Waals surface area contributed by atoms with E-state index >= 15 is 0 Å². The van der Waals surface area contributed by atoms with Gasteiger partial charge in [0.15, 0.2) is 0 Å². The van der Waals surface area contributed by atoms with Gasteiger partial charge in [-0.2, -0.15) is 0 Å². The minimum Gasteiger partial charge on any atom is -0.481 e. The van der Waals surface area contributed by atoms with Crippen LogP contribution in [0.3, 0.4) is 0 Å². The van der Waals surface area contributed by atoms with Crippen LogP contribution >= 0.6 is 11.6 Å². The van der Waals surface area contributed by atoms with Gasteiger partial charge in [-0.15, -0.1) is 0 Å². The van der Waals surface area contributed by atoms with E-state index < -0.39 is 5.91 Å². The minimum atomic E-state index is -0.558. The fraction of sp³-hybridized carbons (Fsp3) is 0.143. The predicted molar refractivity (Wildman–Crippen MR) is 44.3 cm³/mol. The Bertz CT molecular complexity index is 314. The van der Waals surface area contributed by atoms with Crippen molar-refractivity contribution < 1.29 is 9.53 Å². The van der Waals surface area contributed by atoms with Gasteiger partial charge in [0.1, 0.15) is 5.15 Å². The van der Waals surface area contributed by atoms with Gasteiger partial charge < -0.3 is 10.5 Å². The van der Waals surface area contributed by atoms with Crippen molar-refractivity contribution in [2.45, 2.75) is 0 Å². The number of hydrogen-bond donors (Lipinski definition) is 1. The van der Waals surface area contributed by atoms with Gasteiger partial charge in [0, 0.05) is 11.6 Å². The van der Waals surface area contributed by atoms with Crippen LogP contribution in [0.1, 0.15) is 10.4 Å². The number of nitrogens with zero attached hydrogens (tertiary/aromatic N) is 1. The first kappa shape index (κ1) is 8.80. The largest absolute Gasteiger partial charge is 0.481 e. The molecule has 1 rings (SSSR count). The molecular weight excluding hydrogens is 180 g/mol. The van der Waals surface area contributed by atoms with Crippen molar-refractivity contribution in [2.75, 3.05) is 7.11 Å². The highest BCUT2D eigenvalue weighted by atomic mass is 35.5. The minimum absolute atomic E-state index is 0.183. The van der Waals surface area contributed by atoms with Crippen LogP contribution in [0.5, 0.6) is 5.88 Å². The molecule has 1 aromatic heterocycles. The molecule has 2 N–H and O–H groups in total. The van der Waals surface area contributed by atoms with Gasteiger partial charge in [-0.25, -0.2) is 4.98 Å². The summed E-state index contributed by atoms with van der Waals surface area (Å²) in [7, 11) is 1.43. The molecule has 1 aromatic rings. The van der Waals surface area contributed by atoms with E-state index in [0.29, 0.717) is 0 Å². The number of amides is 1. The molecule has 5 heteroatoms. The maximum atomic E-state index is 10.7. The fourth-order valence-electron chi connectivity index (χ4n) is 0.720. The van der Waals surface area contributed by atoms with Crippen molar-refractivity contribution in [3.63, 3.8) is 0 Å². The van der Waals surface area contributed by atoms with Gasteiger partial charge in [0.2, 0.25) is 11.8 Å². The van der Waals surface area contributed by atoms with Crippen LogP contribution in [0.2, 0.25) is 5.15 Å². The Morgan fingerprint density at radius 3 is 2.83 bits per heavy atom.